The van der Waals surface area contributed by atoms with Crippen LogP contribution >= 0.6 is 0 Å². The zero-order chi connectivity index (χ0) is 10.7. The topological polar surface area (TPSA) is 23.5 Å². The van der Waals surface area contributed by atoms with Crippen molar-refractivity contribution in [3.63, 3.8) is 0 Å². The van der Waals surface area contributed by atoms with Crippen molar-refractivity contribution in [3.05, 3.63) is 0 Å². The van der Waals surface area contributed by atoms with E-state index in [4.69, 9.17) is 0 Å². The second kappa shape index (κ2) is 5.13. The number of nitrogens with zero attached hydrogens (tertiary/aromatic N) is 1. The molecule has 0 aromatic carbocycles. The zero-order valence-electron chi connectivity index (χ0n) is 10.0. The summed E-state index contributed by atoms with van der Waals surface area (Å²) < 4.78 is 0. The Morgan fingerprint density at radius 2 is 1.93 bits per heavy atom. The standard InChI is InChI=1S/C12H25NO/c1-9(2)8-10(3)13(4)11-6-5-7-12(11)14/h9-12,14H,5-8H2,1-4H3. The van der Waals surface area contributed by atoms with Gasteiger partial charge in [0.2, 0.25) is 0 Å². The van der Waals surface area contributed by atoms with E-state index in [-0.39, 0.29) is 6.10 Å². The Morgan fingerprint density at radius 3 is 2.36 bits per heavy atom. The molecule has 1 aliphatic carbocycles. The summed E-state index contributed by atoms with van der Waals surface area (Å²) in [4.78, 5) is 2.37. The van der Waals surface area contributed by atoms with Crippen molar-refractivity contribution in [1.29, 1.82) is 0 Å². The molecule has 0 bridgehead atoms. The highest BCUT2D eigenvalue weighted by molar-refractivity contribution is 4.85. The number of likely N-dealkylation sites (N-methyl/N-ethyl adjacent to an activating group) is 1. The summed E-state index contributed by atoms with van der Waals surface area (Å²) in [6, 6.07) is 0.997. The number of aliphatic hydroxyl groups excluding tert-OH is 1. The van der Waals surface area contributed by atoms with Gasteiger partial charge in [-0.25, -0.2) is 0 Å². The summed E-state index contributed by atoms with van der Waals surface area (Å²) >= 11 is 0. The van der Waals surface area contributed by atoms with Gasteiger partial charge in [-0.1, -0.05) is 13.8 Å². The van der Waals surface area contributed by atoms with Crippen molar-refractivity contribution >= 4 is 0 Å². The van der Waals surface area contributed by atoms with Crippen molar-refractivity contribution in [2.75, 3.05) is 7.05 Å². The highest BCUT2D eigenvalue weighted by Crippen LogP contribution is 2.25. The highest BCUT2D eigenvalue weighted by Gasteiger charge is 2.30. The van der Waals surface area contributed by atoms with Crippen LogP contribution in [0.1, 0.15) is 46.5 Å². The minimum Gasteiger partial charge on any atom is -0.391 e. The molecule has 0 amide bonds. The van der Waals surface area contributed by atoms with Crippen LogP contribution in [0.4, 0.5) is 0 Å². The molecule has 0 aromatic rings. The smallest absolute Gasteiger partial charge is 0.0695 e. The molecule has 2 nitrogen and oxygen atoms in total. The third kappa shape index (κ3) is 2.96. The predicted octanol–water partition coefficient (Wildman–Crippen LogP) is 2.27. The van der Waals surface area contributed by atoms with Crippen molar-refractivity contribution < 1.29 is 5.11 Å². The van der Waals surface area contributed by atoms with E-state index in [1.54, 1.807) is 0 Å². The molecular formula is C12H25NO. The second-order valence-electron chi connectivity index (χ2n) is 5.21. The third-order valence-electron chi connectivity index (χ3n) is 3.47. The van der Waals surface area contributed by atoms with Crippen LogP contribution in [0.3, 0.4) is 0 Å². The predicted molar refractivity (Wildman–Crippen MR) is 60.3 cm³/mol. The summed E-state index contributed by atoms with van der Waals surface area (Å²) in [5, 5.41) is 9.80. The minimum atomic E-state index is -0.0883. The van der Waals surface area contributed by atoms with E-state index in [0.29, 0.717) is 12.1 Å². The van der Waals surface area contributed by atoms with Gasteiger partial charge in [0.25, 0.3) is 0 Å². The first-order valence-corrected chi connectivity index (χ1v) is 5.92. The van der Waals surface area contributed by atoms with E-state index >= 15 is 0 Å². The molecule has 3 unspecified atom stereocenters. The molecule has 2 heteroatoms. The van der Waals surface area contributed by atoms with Crippen LogP contribution in [0.15, 0.2) is 0 Å². The Hall–Kier alpha value is -0.0800. The summed E-state index contributed by atoms with van der Waals surface area (Å²) in [6.45, 7) is 6.79. The Bertz CT molecular complexity index is 170. The highest BCUT2D eigenvalue weighted by atomic mass is 16.3. The minimum absolute atomic E-state index is 0.0883. The fourth-order valence-corrected chi connectivity index (χ4v) is 2.57. The largest absolute Gasteiger partial charge is 0.391 e. The Balaban J connectivity index is 2.42. The van der Waals surface area contributed by atoms with Crippen molar-refractivity contribution in [2.24, 2.45) is 5.92 Å². The van der Waals surface area contributed by atoms with E-state index in [0.717, 1.165) is 12.3 Å². The fraction of sp³-hybridized carbons (Fsp3) is 1.00. The second-order valence-corrected chi connectivity index (χ2v) is 5.21. The average molecular weight is 199 g/mol. The van der Waals surface area contributed by atoms with Gasteiger partial charge < -0.3 is 5.11 Å². The van der Waals surface area contributed by atoms with Gasteiger partial charge in [-0.3, -0.25) is 4.90 Å². The Labute approximate surface area is 88.3 Å². The maximum Gasteiger partial charge on any atom is 0.0695 e. The third-order valence-corrected chi connectivity index (χ3v) is 3.47. The number of aliphatic hydroxyl groups is 1. The lowest BCUT2D eigenvalue weighted by Crippen LogP contribution is -2.43. The van der Waals surface area contributed by atoms with E-state index in [2.05, 4.69) is 32.7 Å². The molecule has 0 aromatic heterocycles. The molecule has 0 aliphatic heterocycles. The molecule has 0 heterocycles. The van der Waals surface area contributed by atoms with E-state index < -0.39 is 0 Å². The summed E-state index contributed by atoms with van der Waals surface area (Å²) in [5.41, 5.74) is 0. The van der Waals surface area contributed by atoms with Crippen LogP contribution < -0.4 is 0 Å². The van der Waals surface area contributed by atoms with Gasteiger partial charge in [0.1, 0.15) is 0 Å². The Morgan fingerprint density at radius 1 is 1.29 bits per heavy atom. The number of hydrogen-bond donors (Lipinski definition) is 1. The van der Waals surface area contributed by atoms with Crippen LogP contribution in [0.5, 0.6) is 0 Å². The first-order chi connectivity index (χ1) is 6.52. The van der Waals surface area contributed by atoms with E-state index in [1.165, 1.54) is 19.3 Å². The maximum absolute atomic E-state index is 9.80. The lowest BCUT2D eigenvalue weighted by atomic mass is 10.0. The van der Waals surface area contributed by atoms with Gasteiger partial charge in [-0.15, -0.1) is 0 Å². The molecular weight excluding hydrogens is 174 g/mol. The molecule has 14 heavy (non-hydrogen) atoms. The van der Waals surface area contributed by atoms with Crippen LogP contribution in [0.25, 0.3) is 0 Å². The van der Waals surface area contributed by atoms with Gasteiger partial charge in [0.05, 0.1) is 6.10 Å². The SMILES string of the molecule is CC(C)CC(C)N(C)C1CCCC1O. The zero-order valence-corrected chi connectivity index (χ0v) is 10.0. The molecule has 3 atom stereocenters. The molecule has 1 rings (SSSR count). The maximum atomic E-state index is 9.80. The van der Waals surface area contributed by atoms with Crippen molar-refractivity contribution in [2.45, 2.75) is 64.6 Å². The lowest BCUT2D eigenvalue weighted by Gasteiger charge is -2.33. The fourth-order valence-electron chi connectivity index (χ4n) is 2.57. The average Bonchev–Trinajstić information content (AvgIpc) is 2.48. The van der Waals surface area contributed by atoms with Crippen LogP contribution in [0, 0.1) is 5.92 Å². The van der Waals surface area contributed by atoms with Gasteiger partial charge in [-0.2, -0.15) is 0 Å². The van der Waals surface area contributed by atoms with Gasteiger partial charge >= 0.3 is 0 Å². The first kappa shape index (κ1) is 12.0. The molecule has 0 radical (unpaired) electrons. The van der Waals surface area contributed by atoms with Gasteiger partial charge in [0.15, 0.2) is 0 Å². The van der Waals surface area contributed by atoms with E-state index in [9.17, 15) is 5.11 Å². The molecule has 1 N–H and O–H groups in total. The van der Waals surface area contributed by atoms with Crippen LogP contribution in [-0.2, 0) is 0 Å². The quantitative estimate of drug-likeness (QED) is 0.751. The number of hydrogen-bond acceptors (Lipinski definition) is 2. The van der Waals surface area contributed by atoms with Gasteiger partial charge in [-0.05, 0) is 45.6 Å². The first-order valence-electron chi connectivity index (χ1n) is 5.92. The molecule has 0 spiro atoms. The monoisotopic (exact) mass is 199 g/mol. The summed E-state index contributed by atoms with van der Waals surface area (Å²) in [6.07, 6.45) is 4.47. The van der Waals surface area contributed by atoms with Crippen molar-refractivity contribution in [1.82, 2.24) is 4.90 Å². The van der Waals surface area contributed by atoms with E-state index in [1.807, 2.05) is 0 Å². The lowest BCUT2D eigenvalue weighted by molar-refractivity contribution is 0.0601. The normalized spacial score (nSPS) is 30.2. The molecule has 1 saturated carbocycles. The Kier molecular flexibility index (Phi) is 4.39. The van der Waals surface area contributed by atoms with Crippen molar-refractivity contribution in [3.8, 4) is 0 Å². The number of rotatable bonds is 4. The summed E-state index contributed by atoms with van der Waals surface area (Å²) in [5.74, 6) is 0.742. The molecule has 84 valence electrons. The summed E-state index contributed by atoms with van der Waals surface area (Å²) in [7, 11) is 2.16. The van der Waals surface area contributed by atoms with Crippen LogP contribution in [-0.4, -0.2) is 35.2 Å². The van der Waals surface area contributed by atoms with Gasteiger partial charge in [0, 0.05) is 12.1 Å². The molecule has 1 fully saturated rings. The molecule has 1 aliphatic rings. The van der Waals surface area contributed by atoms with Crippen LogP contribution in [0.2, 0.25) is 0 Å². The molecule has 0 saturated heterocycles.